The number of unbranched alkanes of at least 4 members (excludes halogenated alkanes) is 26. The highest BCUT2D eigenvalue weighted by molar-refractivity contribution is 5.71. The average Bonchev–Trinajstić information content (AvgIpc) is 3.48. The molecule has 0 radical (unpaired) electrons. The zero-order chi connectivity index (χ0) is 59.9. The number of hydrogen-bond donors (Lipinski definition) is 0. The minimum absolute atomic E-state index is 0.0894. The van der Waals surface area contributed by atoms with Crippen LogP contribution in [-0.4, -0.2) is 37.2 Å². The Morgan fingerprint density at radius 1 is 0.253 bits per heavy atom. The second-order valence-corrected chi connectivity index (χ2v) is 22.3. The highest BCUT2D eigenvalue weighted by atomic mass is 16.6. The number of ether oxygens (including phenoxy) is 3. The summed E-state index contributed by atoms with van der Waals surface area (Å²) < 4.78 is 16.9. The smallest absolute Gasteiger partial charge is 0.306 e. The Labute approximate surface area is 512 Å². The maximum Gasteiger partial charge on any atom is 0.306 e. The third kappa shape index (κ3) is 68.0. The van der Waals surface area contributed by atoms with Crippen molar-refractivity contribution in [3.63, 3.8) is 0 Å². The van der Waals surface area contributed by atoms with Crippen molar-refractivity contribution in [1.82, 2.24) is 0 Å². The fraction of sp³-hybridized carbons (Fsp3) is 0.649. The molecule has 470 valence electrons. The van der Waals surface area contributed by atoms with Gasteiger partial charge in [0.1, 0.15) is 13.2 Å². The van der Waals surface area contributed by atoms with Crippen molar-refractivity contribution in [3.8, 4) is 0 Å². The maximum atomic E-state index is 12.9. The lowest BCUT2D eigenvalue weighted by atomic mass is 10.0. The predicted molar refractivity (Wildman–Crippen MR) is 362 cm³/mol. The van der Waals surface area contributed by atoms with Crippen molar-refractivity contribution in [1.29, 1.82) is 0 Å². The molecule has 0 saturated heterocycles. The molecule has 0 bridgehead atoms. The van der Waals surface area contributed by atoms with E-state index < -0.39 is 6.10 Å². The molecular formula is C77H126O6. The molecule has 0 aromatic heterocycles. The van der Waals surface area contributed by atoms with Crippen LogP contribution in [0.5, 0.6) is 0 Å². The van der Waals surface area contributed by atoms with Crippen LogP contribution in [0.4, 0.5) is 0 Å². The molecule has 0 heterocycles. The molecule has 0 fully saturated rings. The van der Waals surface area contributed by atoms with Crippen molar-refractivity contribution in [2.75, 3.05) is 13.2 Å². The molecule has 0 aromatic rings. The lowest BCUT2D eigenvalue weighted by Crippen LogP contribution is -2.30. The SMILES string of the molecule is CC/C=C\C/C=C\C/C=C\C/C=C\C/C=C\C/C=C\CCCCCCCCCCC(=O)OCC(COC(=O)CCCCCCC/C=C\CCCC)OC(=O)CCCCCCCCCCCCC/C=C\C/C=C\C/C=C\C/C=C\C/C=C\CC. The van der Waals surface area contributed by atoms with E-state index in [1.54, 1.807) is 0 Å². The first kappa shape index (κ1) is 78.3. The van der Waals surface area contributed by atoms with Gasteiger partial charge in [-0.1, -0.05) is 295 Å². The summed E-state index contributed by atoms with van der Waals surface area (Å²) in [5.41, 5.74) is 0. The molecule has 0 aliphatic rings. The van der Waals surface area contributed by atoms with Gasteiger partial charge in [0.2, 0.25) is 0 Å². The molecule has 0 aliphatic heterocycles. The van der Waals surface area contributed by atoms with Gasteiger partial charge in [0, 0.05) is 19.3 Å². The molecule has 6 heteroatoms. The summed E-state index contributed by atoms with van der Waals surface area (Å²) in [6, 6.07) is 0. The van der Waals surface area contributed by atoms with Gasteiger partial charge in [-0.3, -0.25) is 14.4 Å². The molecular weight excluding hydrogens is 1020 g/mol. The van der Waals surface area contributed by atoms with Crippen molar-refractivity contribution < 1.29 is 28.6 Å². The van der Waals surface area contributed by atoms with Crippen LogP contribution in [0.25, 0.3) is 0 Å². The van der Waals surface area contributed by atoms with Gasteiger partial charge in [0.25, 0.3) is 0 Å². The molecule has 0 aromatic carbocycles. The Balaban J connectivity index is 4.30. The van der Waals surface area contributed by atoms with Gasteiger partial charge in [-0.2, -0.15) is 0 Å². The molecule has 0 saturated carbocycles. The van der Waals surface area contributed by atoms with E-state index in [1.807, 2.05) is 0 Å². The van der Waals surface area contributed by atoms with Crippen molar-refractivity contribution in [3.05, 3.63) is 146 Å². The number of esters is 3. The van der Waals surface area contributed by atoms with Gasteiger partial charge < -0.3 is 14.2 Å². The van der Waals surface area contributed by atoms with E-state index in [2.05, 4.69) is 167 Å². The summed E-state index contributed by atoms with van der Waals surface area (Å²) in [6.07, 6.45) is 100. The van der Waals surface area contributed by atoms with Crippen LogP contribution in [0.2, 0.25) is 0 Å². The first-order valence-corrected chi connectivity index (χ1v) is 34.3. The van der Waals surface area contributed by atoms with Gasteiger partial charge in [-0.25, -0.2) is 0 Å². The Bertz CT molecular complexity index is 1800. The average molecular weight is 1150 g/mol. The third-order valence-electron chi connectivity index (χ3n) is 14.3. The topological polar surface area (TPSA) is 78.9 Å². The van der Waals surface area contributed by atoms with E-state index in [0.717, 1.165) is 148 Å². The molecule has 0 aliphatic carbocycles. The molecule has 0 N–H and O–H groups in total. The van der Waals surface area contributed by atoms with Crippen LogP contribution >= 0.6 is 0 Å². The van der Waals surface area contributed by atoms with Crippen LogP contribution < -0.4 is 0 Å². The highest BCUT2D eigenvalue weighted by Crippen LogP contribution is 2.16. The molecule has 0 rings (SSSR count). The molecule has 0 amide bonds. The van der Waals surface area contributed by atoms with Crippen LogP contribution in [0.3, 0.4) is 0 Å². The van der Waals surface area contributed by atoms with E-state index in [4.69, 9.17) is 14.2 Å². The summed E-state index contributed by atoms with van der Waals surface area (Å²) >= 11 is 0. The highest BCUT2D eigenvalue weighted by Gasteiger charge is 2.19. The van der Waals surface area contributed by atoms with Gasteiger partial charge in [-0.15, -0.1) is 0 Å². The molecule has 1 unspecified atom stereocenters. The molecule has 1 atom stereocenters. The van der Waals surface area contributed by atoms with Gasteiger partial charge in [0.15, 0.2) is 6.10 Å². The molecule has 83 heavy (non-hydrogen) atoms. The summed E-state index contributed by atoms with van der Waals surface area (Å²) in [4.78, 5) is 38.4. The maximum absolute atomic E-state index is 12.9. The van der Waals surface area contributed by atoms with E-state index in [-0.39, 0.29) is 31.1 Å². The van der Waals surface area contributed by atoms with E-state index in [9.17, 15) is 14.4 Å². The first-order valence-electron chi connectivity index (χ1n) is 34.3. The van der Waals surface area contributed by atoms with E-state index in [0.29, 0.717) is 19.3 Å². The van der Waals surface area contributed by atoms with Gasteiger partial charge in [0.05, 0.1) is 0 Å². The second-order valence-electron chi connectivity index (χ2n) is 22.3. The fourth-order valence-electron chi connectivity index (χ4n) is 9.22. The van der Waals surface area contributed by atoms with Crippen LogP contribution in [0.1, 0.15) is 303 Å². The van der Waals surface area contributed by atoms with E-state index >= 15 is 0 Å². The zero-order valence-electron chi connectivity index (χ0n) is 53.9. The van der Waals surface area contributed by atoms with Crippen LogP contribution in [0.15, 0.2) is 146 Å². The number of allylic oxidation sites excluding steroid dienone is 24. The number of carbonyl (C=O) groups is 3. The van der Waals surface area contributed by atoms with Crippen LogP contribution in [0, 0.1) is 0 Å². The third-order valence-corrected chi connectivity index (χ3v) is 14.3. The van der Waals surface area contributed by atoms with Gasteiger partial charge in [-0.05, 0) is 135 Å². The van der Waals surface area contributed by atoms with Crippen molar-refractivity contribution in [2.24, 2.45) is 0 Å². The second kappa shape index (κ2) is 69.8. The minimum Gasteiger partial charge on any atom is -0.462 e. The lowest BCUT2D eigenvalue weighted by Gasteiger charge is -2.18. The Kier molecular flexibility index (Phi) is 65.8. The number of rotatable bonds is 61. The first-order chi connectivity index (χ1) is 41.0. The largest absolute Gasteiger partial charge is 0.462 e. The van der Waals surface area contributed by atoms with Gasteiger partial charge >= 0.3 is 17.9 Å². The Hall–Kier alpha value is -4.71. The monoisotopic (exact) mass is 1150 g/mol. The predicted octanol–water partition coefficient (Wildman–Crippen LogP) is 23.9. The Morgan fingerprint density at radius 3 is 0.747 bits per heavy atom. The summed E-state index contributed by atoms with van der Waals surface area (Å²) in [6.45, 7) is 6.37. The summed E-state index contributed by atoms with van der Waals surface area (Å²) in [5.74, 6) is -0.906. The number of carbonyl (C=O) groups excluding carboxylic acids is 3. The normalized spacial score (nSPS) is 13.0. The Morgan fingerprint density at radius 2 is 0.470 bits per heavy atom. The van der Waals surface area contributed by atoms with Crippen molar-refractivity contribution >= 4 is 17.9 Å². The quantitative estimate of drug-likeness (QED) is 0.0261. The molecule has 6 nitrogen and oxygen atoms in total. The molecule has 0 spiro atoms. The standard InChI is InChI=1S/C77H126O6/c1-4-7-10-13-16-19-22-24-26-28-30-32-34-36-38-40-42-44-46-48-50-52-55-58-61-64-67-70-76(79)82-73-74(72-81-75(78)69-66-63-60-57-54-21-18-15-12-9-6-3)83-77(80)71-68-65-62-59-56-53-51-49-47-45-43-41-39-37-35-33-31-29-27-25-23-20-17-14-11-8-5-2/h7-8,10-11,15-20,24-27,30-33,36-39,42,44,74H,4-6,9,12-14,21-23,28-29,34-35,40-41,43,45-73H2,1-3H3/b10-7-,11-8-,18-15-,19-16-,20-17-,26-24-,27-25-,32-30-,33-31-,38-36-,39-37-,44-42-. The lowest BCUT2D eigenvalue weighted by molar-refractivity contribution is -0.167. The zero-order valence-corrected chi connectivity index (χ0v) is 53.9. The summed E-state index contributed by atoms with van der Waals surface area (Å²) in [7, 11) is 0. The number of hydrogen-bond acceptors (Lipinski definition) is 6. The van der Waals surface area contributed by atoms with Crippen LogP contribution in [-0.2, 0) is 28.6 Å². The van der Waals surface area contributed by atoms with E-state index in [1.165, 1.54) is 116 Å². The minimum atomic E-state index is -0.793. The fourth-order valence-corrected chi connectivity index (χ4v) is 9.22. The summed E-state index contributed by atoms with van der Waals surface area (Å²) in [5, 5.41) is 0. The van der Waals surface area contributed by atoms with Crippen molar-refractivity contribution in [2.45, 2.75) is 309 Å².